The van der Waals surface area contributed by atoms with Gasteiger partial charge in [0.15, 0.2) is 0 Å². The van der Waals surface area contributed by atoms with E-state index in [2.05, 4.69) is 59.7 Å². The van der Waals surface area contributed by atoms with Crippen LogP contribution < -0.4 is 4.52 Å². The Morgan fingerprint density at radius 2 is 1.42 bits per heavy atom. The van der Waals surface area contributed by atoms with Crippen molar-refractivity contribution in [2.45, 2.75) is 52.4 Å². The first-order chi connectivity index (χ1) is 11.0. The zero-order valence-corrected chi connectivity index (χ0v) is 16.2. The van der Waals surface area contributed by atoms with Crippen molar-refractivity contribution in [3.8, 4) is 16.9 Å². The first-order valence-electron chi connectivity index (χ1n) is 8.10. The molecule has 0 amide bonds. The van der Waals surface area contributed by atoms with E-state index in [9.17, 15) is 9.79 Å². The summed E-state index contributed by atoms with van der Waals surface area (Å²) in [5, 5.41) is 0. The van der Waals surface area contributed by atoms with Gasteiger partial charge in [0, 0.05) is 5.56 Å². The minimum Gasteiger partial charge on any atom is -0.426 e. The predicted molar refractivity (Wildman–Crippen MR) is 101 cm³/mol. The Labute approximate surface area is 146 Å². The minimum absolute atomic E-state index is 0.0487. The zero-order chi connectivity index (χ0) is 18.1. The Morgan fingerprint density at radius 1 is 0.792 bits per heavy atom. The molecule has 0 heterocycles. The maximum absolute atomic E-state index is 9.26. The molecule has 0 spiro atoms. The van der Waals surface area contributed by atoms with Crippen LogP contribution in [-0.2, 0) is 10.8 Å². The Morgan fingerprint density at radius 3 is 1.96 bits per heavy atom. The van der Waals surface area contributed by atoms with E-state index in [1.165, 1.54) is 11.1 Å². The molecule has 0 bridgehead atoms. The van der Waals surface area contributed by atoms with E-state index in [0.717, 1.165) is 11.1 Å². The first kappa shape index (κ1) is 18.9. The van der Waals surface area contributed by atoms with Crippen molar-refractivity contribution < 1.29 is 14.3 Å². The Balaban J connectivity index is 2.67. The molecule has 0 aliphatic carbocycles. The lowest BCUT2D eigenvalue weighted by Gasteiger charge is -2.28. The summed E-state index contributed by atoms with van der Waals surface area (Å²) >= 11 is 0. The summed E-state index contributed by atoms with van der Waals surface area (Å²) in [7, 11) is -2.45. The number of hydrogen-bond acceptors (Lipinski definition) is 3. The van der Waals surface area contributed by atoms with Gasteiger partial charge < -0.3 is 14.3 Å². The van der Waals surface area contributed by atoms with Crippen molar-refractivity contribution in [2.75, 3.05) is 0 Å². The van der Waals surface area contributed by atoms with Gasteiger partial charge in [-0.3, -0.25) is 0 Å². The summed E-state index contributed by atoms with van der Waals surface area (Å²) in [6.45, 7) is 13.2. The number of benzene rings is 2. The standard InChI is InChI=1S/C20H27O3P/c1-19(2,3)14-11-12-15(17(13-14)20(4,5)6)16-9-7-8-10-18(16)23-24(21)22/h7-13,21-22H,1-6H3. The fourth-order valence-corrected chi connectivity index (χ4v) is 3.06. The molecule has 0 aromatic heterocycles. The lowest BCUT2D eigenvalue weighted by Crippen LogP contribution is -2.17. The van der Waals surface area contributed by atoms with Gasteiger partial charge in [-0.05, 0) is 33.6 Å². The summed E-state index contributed by atoms with van der Waals surface area (Å²) in [6.07, 6.45) is 0. The van der Waals surface area contributed by atoms with Crippen LogP contribution in [0.3, 0.4) is 0 Å². The summed E-state index contributed by atoms with van der Waals surface area (Å²) in [5.74, 6) is 0.489. The van der Waals surface area contributed by atoms with Crippen molar-refractivity contribution in [2.24, 2.45) is 0 Å². The molecule has 0 saturated carbocycles. The number of hydrogen-bond donors (Lipinski definition) is 2. The number of para-hydroxylation sites is 1. The third-order valence-corrected chi connectivity index (χ3v) is 4.41. The molecule has 3 nitrogen and oxygen atoms in total. The lowest BCUT2D eigenvalue weighted by atomic mass is 9.77. The Hall–Kier alpha value is -1.41. The van der Waals surface area contributed by atoms with Gasteiger partial charge >= 0.3 is 8.60 Å². The molecule has 0 radical (unpaired) electrons. The molecular formula is C20H27O3P. The van der Waals surface area contributed by atoms with Gasteiger partial charge in [-0.25, -0.2) is 0 Å². The van der Waals surface area contributed by atoms with Crippen LogP contribution in [-0.4, -0.2) is 9.79 Å². The molecule has 2 rings (SSSR count). The average Bonchev–Trinajstić information content (AvgIpc) is 2.45. The fraction of sp³-hybridized carbons (Fsp3) is 0.400. The van der Waals surface area contributed by atoms with Gasteiger partial charge in [-0.15, -0.1) is 0 Å². The SMILES string of the molecule is CC(C)(C)c1ccc(-c2ccccc2OP(O)O)c(C(C)(C)C)c1. The molecule has 0 fully saturated rings. The van der Waals surface area contributed by atoms with Crippen LogP contribution in [0.15, 0.2) is 42.5 Å². The highest BCUT2D eigenvalue weighted by Crippen LogP contribution is 2.42. The van der Waals surface area contributed by atoms with Crippen LogP contribution in [0.4, 0.5) is 0 Å². The maximum atomic E-state index is 9.26. The van der Waals surface area contributed by atoms with Gasteiger partial charge in [0.1, 0.15) is 5.75 Å². The quantitative estimate of drug-likeness (QED) is 0.718. The van der Waals surface area contributed by atoms with Crippen LogP contribution in [0.5, 0.6) is 5.75 Å². The molecular weight excluding hydrogens is 319 g/mol. The van der Waals surface area contributed by atoms with Gasteiger partial charge in [0.25, 0.3) is 0 Å². The summed E-state index contributed by atoms with van der Waals surface area (Å²) in [4.78, 5) is 18.5. The Bertz CT molecular complexity index is 710. The fourth-order valence-electron chi connectivity index (χ4n) is 2.72. The topological polar surface area (TPSA) is 49.7 Å². The van der Waals surface area contributed by atoms with E-state index >= 15 is 0 Å². The summed E-state index contributed by atoms with van der Waals surface area (Å²) in [6, 6.07) is 14.0. The van der Waals surface area contributed by atoms with Gasteiger partial charge in [0.2, 0.25) is 0 Å². The van der Waals surface area contributed by atoms with E-state index in [4.69, 9.17) is 4.52 Å². The molecule has 4 heteroatoms. The van der Waals surface area contributed by atoms with Gasteiger partial charge in [0.05, 0.1) is 0 Å². The van der Waals surface area contributed by atoms with Gasteiger partial charge in [-0.1, -0.05) is 77.9 Å². The molecule has 2 aromatic rings. The van der Waals surface area contributed by atoms with Crippen molar-refractivity contribution in [1.82, 2.24) is 0 Å². The highest BCUT2D eigenvalue weighted by molar-refractivity contribution is 7.39. The van der Waals surface area contributed by atoms with Crippen molar-refractivity contribution in [3.05, 3.63) is 53.6 Å². The molecule has 2 N–H and O–H groups in total. The monoisotopic (exact) mass is 346 g/mol. The molecule has 0 aliphatic rings. The molecule has 0 unspecified atom stereocenters. The van der Waals surface area contributed by atoms with Crippen LogP contribution >= 0.6 is 8.60 Å². The van der Waals surface area contributed by atoms with E-state index in [1.807, 2.05) is 18.2 Å². The molecule has 0 aliphatic heterocycles. The second kappa shape index (κ2) is 6.84. The summed E-state index contributed by atoms with van der Waals surface area (Å²) in [5.41, 5.74) is 4.44. The average molecular weight is 346 g/mol. The Kier molecular flexibility index (Phi) is 5.39. The lowest BCUT2D eigenvalue weighted by molar-refractivity contribution is 0.375. The highest BCUT2D eigenvalue weighted by atomic mass is 31.2. The molecule has 24 heavy (non-hydrogen) atoms. The zero-order valence-electron chi connectivity index (χ0n) is 15.3. The molecule has 2 aromatic carbocycles. The molecule has 0 saturated heterocycles. The van der Waals surface area contributed by atoms with Crippen LogP contribution in [0.25, 0.3) is 11.1 Å². The van der Waals surface area contributed by atoms with Gasteiger partial charge in [-0.2, -0.15) is 0 Å². The predicted octanol–water partition coefficient (Wildman–Crippen LogP) is 5.54. The molecule has 130 valence electrons. The van der Waals surface area contributed by atoms with Crippen LogP contribution in [0.1, 0.15) is 52.7 Å². The van der Waals surface area contributed by atoms with E-state index in [0.29, 0.717) is 5.75 Å². The normalized spacial score (nSPS) is 12.5. The smallest absolute Gasteiger partial charge is 0.391 e. The second-order valence-corrected chi connectivity index (χ2v) is 8.79. The van der Waals surface area contributed by atoms with Crippen molar-refractivity contribution >= 4 is 8.60 Å². The maximum Gasteiger partial charge on any atom is 0.391 e. The third-order valence-electron chi connectivity index (χ3n) is 4.05. The van der Waals surface area contributed by atoms with Crippen LogP contribution in [0.2, 0.25) is 0 Å². The largest absolute Gasteiger partial charge is 0.426 e. The van der Waals surface area contributed by atoms with E-state index in [1.54, 1.807) is 6.07 Å². The first-order valence-corrected chi connectivity index (χ1v) is 9.27. The minimum atomic E-state index is -2.45. The van der Waals surface area contributed by atoms with E-state index in [-0.39, 0.29) is 10.8 Å². The third kappa shape index (κ3) is 4.36. The van der Waals surface area contributed by atoms with Crippen molar-refractivity contribution in [1.29, 1.82) is 0 Å². The number of rotatable bonds is 3. The van der Waals surface area contributed by atoms with Crippen LogP contribution in [0, 0.1) is 0 Å². The second-order valence-electron chi connectivity index (χ2n) is 8.10. The summed E-state index contributed by atoms with van der Waals surface area (Å²) < 4.78 is 5.24. The molecule has 0 atom stereocenters. The van der Waals surface area contributed by atoms with Crippen molar-refractivity contribution in [3.63, 3.8) is 0 Å². The van der Waals surface area contributed by atoms with E-state index < -0.39 is 8.60 Å². The highest BCUT2D eigenvalue weighted by Gasteiger charge is 2.24.